The number of hydrogen-bond acceptors (Lipinski definition) is 2. The molecule has 1 unspecified atom stereocenters. The summed E-state index contributed by atoms with van der Waals surface area (Å²) in [5, 5.41) is 9.51. The Hall–Kier alpha value is -2.96. The molecule has 3 nitrogen and oxygen atoms in total. The first-order chi connectivity index (χ1) is 11.7. The van der Waals surface area contributed by atoms with Gasteiger partial charge < -0.3 is 14.8 Å². The fourth-order valence-electron chi connectivity index (χ4n) is 2.24. The minimum absolute atomic E-state index is 0.445. The summed E-state index contributed by atoms with van der Waals surface area (Å²) in [6.45, 7) is 2.25. The van der Waals surface area contributed by atoms with Gasteiger partial charge in [-0.25, -0.2) is 0 Å². The van der Waals surface area contributed by atoms with Crippen molar-refractivity contribution in [3.63, 3.8) is 0 Å². The van der Waals surface area contributed by atoms with Gasteiger partial charge in [-0.3, -0.25) is 0 Å². The maximum absolute atomic E-state index is 9.51. The molecule has 120 valence electrons. The number of benzene rings is 2. The fraction of sp³-hybridized carbons (Fsp3) is 0.143. The summed E-state index contributed by atoms with van der Waals surface area (Å²) in [6.07, 6.45) is 1.41. The van der Waals surface area contributed by atoms with E-state index in [0.717, 1.165) is 28.1 Å². The van der Waals surface area contributed by atoms with Crippen molar-refractivity contribution >= 4 is 0 Å². The quantitative estimate of drug-likeness (QED) is 0.713. The van der Waals surface area contributed by atoms with Crippen molar-refractivity contribution in [3.05, 3.63) is 89.2 Å². The van der Waals surface area contributed by atoms with Gasteiger partial charge in [0.15, 0.2) is 0 Å². The summed E-state index contributed by atoms with van der Waals surface area (Å²) in [4.78, 5) is 3.05. The van der Waals surface area contributed by atoms with Crippen molar-refractivity contribution in [1.29, 1.82) is 0 Å². The Morgan fingerprint density at radius 1 is 1.00 bits per heavy atom. The van der Waals surface area contributed by atoms with Crippen LogP contribution in [0.2, 0.25) is 0 Å². The third kappa shape index (κ3) is 4.28. The number of rotatable bonds is 4. The second-order valence-corrected chi connectivity index (χ2v) is 5.56. The molecule has 0 bridgehead atoms. The van der Waals surface area contributed by atoms with E-state index in [-0.39, 0.29) is 0 Å². The first-order valence-corrected chi connectivity index (χ1v) is 7.86. The van der Waals surface area contributed by atoms with Crippen LogP contribution in [0.5, 0.6) is 5.75 Å². The summed E-state index contributed by atoms with van der Waals surface area (Å²) in [7, 11) is 0. The van der Waals surface area contributed by atoms with Crippen molar-refractivity contribution < 1.29 is 9.84 Å². The smallest absolute Gasteiger partial charge is 0.119 e. The van der Waals surface area contributed by atoms with E-state index in [1.165, 1.54) is 0 Å². The number of H-pyrrole nitrogens is 1. The first-order valence-electron chi connectivity index (χ1n) is 7.86. The molecule has 0 amide bonds. The van der Waals surface area contributed by atoms with Gasteiger partial charge in [0, 0.05) is 11.8 Å². The molecule has 3 heteroatoms. The van der Waals surface area contributed by atoms with Crippen molar-refractivity contribution in [2.75, 3.05) is 0 Å². The number of nitrogens with one attached hydrogen (secondary N) is 1. The van der Waals surface area contributed by atoms with Crippen LogP contribution < -0.4 is 4.74 Å². The van der Waals surface area contributed by atoms with E-state index < -0.39 is 6.10 Å². The number of aromatic nitrogens is 1. The van der Waals surface area contributed by atoms with E-state index in [1.54, 1.807) is 6.92 Å². The monoisotopic (exact) mass is 317 g/mol. The lowest BCUT2D eigenvalue weighted by atomic mass is 10.1. The molecule has 3 aromatic rings. The molecule has 0 spiro atoms. The lowest BCUT2D eigenvalue weighted by Crippen LogP contribution is -1.97. The van der Waals surface area contributed by atoms with Crippen molar-refractivity contribution in [1.82, 2.24) is 4.98 Å². The van der Waals surface area contributed by atoms with Gasteiger partial charge in [0.1, 0.15) is 12.4 Å². The molecule has 1 heterocycles. The molecule has 1 atom stereocenters. The highest BCUT2D eigenvalue weighted by atomic mass is 16.5. The van der Waals surface area contributed by atoms with E-state index in [2.05, 4.69) is 16.8 Å². The molecule has 2 aromatic carbocycles. The van der Waals surface area contributed by atoms with Gasteiger partial charge in [-0.2, -0.15) is 0 Å². The number of aliphatic hydroxyl groups excluding tert-OH is 1. The zero-order valence-electron chi connectivity index (χ0n) is 13.5. The van der Waals surface area contributed by atoms with Crippen molar-refractivity contribution in [3.8, 4) is 17.6 Å². The molecule has 0 aliphatic heterocycles. The third-order valence-electron chi connectivity index (χ3n) is 3.66. The van der Waals surface area contributed by atoms with Crippen LogP contribution in [0.4, 0.5) is 0 Å². The van der Waals surface area contributed by atoms with Crippen LogP contribution in [-0.4, -0.2) is 10.1 Å². The summed E-state index contributed by atoms with van der Waals surface area (Å²) in [5.74, 6) is 6.98. The molecule has 0 radical (unpaired) electrons. The Balaban J connectivity index is 1.58. The van der Waals surface area contributed by atoms with Crippen LogP contribution in [0.15, 0.2) is 66.9 Å². The Kier molecular flexibility index (Phi) is 5.00. The lowest BCUT2D eigenvalue weighted by molar-refractivity contribution is 0.199. The van der Waals surface area contributed by atoms with Crippen molar-refractivity contribution in [2.24, 2.45) is 0 Å². The highest BCUT2D eigenvalue weighted by molar-refractivity contribution is 5.42. The summed E-state index contributed by atoms with van der Waals surface area (Å²) >= 11 is 0. The zero-order valence-corrected chi connectivity index (χ0v) is 13.5. The molecule has 3 rings (SSSR count). The number of hydrogen-bond donors (Lipinski definition) is 2. The van der Waals surface area contributed by atoms with Gasteiger partial charge in [-0.15, -0.1) is 0 Å². The Labute approximate surface area is 141 Å². The van der Waals surface area contributed by atoms with Gasteiger partial charge in [0.05, 0.1) is 11.8 Å². The standard InChI is InChI=1S/C21H19NO2/c1-16(23)19-9-4-18(5-10-19)15-24-21-12-7-17(8-13-21)6-11-20-3-2-14-22-20/h2-5,7-10,12-14,16,22-23H,15H2,1H3. The summed E-state index contributed by atoms with van der Waals surface area (Å²) in [5.41, 5.74) is 3.81. The van der Waals surface area contributed by atoms with E-state index in [4.69, 9.17) is 4.74 Å². The van der Waals surface area contributed by atoms with Crippen LogP contribution in [-0.2, 0) is 6.61 Å². The Morgan fingerprint density at radius 2 is 1.75 bits per heavy atom. The Morgan fingerprint density at radius 3 is 2.38 bits per heavy atom. The molecule has 0 saturated heterocycles. The predicted octanol–water partition coefficient (Wildman–Crippen LogP) is 4.05. The van der Waals surface area contributed by atoms with Gasteiger partial charge in [0.25, 0.3) is 0 Å². The van der Waals surface area contributed by atoms with Crippen LogP contribution in [0.25, 0.3) is 0 Å². The highest BCUT2D eigenvalue weighted by Gasteiger charge is 2.01. The van der Waals surface area contributed by atoms with Gasteiger partial charge in [-0.05, 0) is 60.4 Å². The lowest BCUT2D eigenvalue weighted by Gasteiger charge is -2.08. The second kappa shape index (κ2) is 7.54. The van der Waals surface area contributed by atoms with Crippen LogP contribution in [0.3, 0.4) is 0 Å². The molecule has 24 heavy (non-hydrogen) atoms. The van der Waals surface area contributed by atoms with Gasteiger partial charge in [0.2, 0.25) is 0 Å². The van der Waals surface area contributed by atoms with E-state index >= 15 is 0 Å². The maximum Gasteiger partial charge on any atom is 0.119 e. The molecule has 2 N–H and O–H groups in total. The third-order valence-corrected chi connectivity index (χ3v) is 3.66. The topological polar surface area (TPSA) is 45.2 Å². The number of aromatic amines is 1. The van der Waals surface area contributed by atoms with Gasteiger partial charge in [-0.1, -0.05) is 30.2 Å². The first kappa shape index (κ1) is 15.9. The molecular weight excluding hydrogens is 298 g/mol. The van der Waals surface area contributed by atoms with Crippen LogP contribution in [0.1, 0.15) is 35.4 Å². The molecule has 0 fully saturated rings. The van der Waals surface area contributed by atoms with Crippen LogP contribution >= 0.6 is 0 Å². The number of aliphatic hydroxyl groups is 1. The average Bonchev–Trinajstić information content (AvgIpc) is 3.13. The summed E-state index contributed by atoms with van der Waals surface area (Å²) in [6, 6.07) is 19.4. The Bertz CT molecular complexity index is 820. The fourth-order valence-corrected chi connectivity index (χ4v) is 2.24. The van der Waals surface area contributed by atoms with E-state index in [0.29, 0.717) is 6.61 Å². The largest absolute Gasteiger partial charge is 0.489 e. The average molecular weight is 317 g/mol. The minimum Gasteiger partial charge on any atom is -0.489 e. The maximum atomic E-state index is 9.51. The molecule has 0 saturated carbocycles. The zero-order chi connectivity index (χ0) is 16.8. The molecule has 1 aromatic heterocycles. The molecular formula is C21H19NO2. The van der Waals surface area contributed by atoms with Gasteiger partial charge >= 0.3 is 0 Å². The van der Waals surface area contributed by atoms with E-state index in [9.17, 15) is 5.11 Å². The second-order valence-electron chi connectivity index (χ2n) is 5.56. The predicted molar refractivity (Wildman–Crippen MR) is 94.6 cm³/mol. The minimum atomic E-state index is -0.445. The van der Waals surface area contributed by atoms with E-state index in [1.807, 2.05) is 66.9 Å². The summed E-state index contributed by atoms with van der Waals surface area (Å²) < 4.78 is 5.78. The SMILES string of the molecule is CC(O)c1ccc(COc2ccc(C#Cc3ccc[nH]3)cc2)cc1. The molecule has 0 aliphatic carbocycles. The highest BCUT2D eigenvalue weighted by Crippen LogP contribution is 2.16. The van der Waals surface area contributed by atoms with Crippen molar-refractivity contribution in [2.45, 2.75) is 19.6 Å². The van der Waals surface area contributed by atoms with Crippen LogP contribution in [0, 0.1) is 11.8 Å². The molecule has 0 aliphatic rings. The normalized spacial score (nSPS) is 11.4. The number of ether oxygens (including phenoxy) is 1.